The summed E-state index contributed by atoms with van der Waals surface area (Å²) in [6, 6.07) is 0. The first kappa shape index (κ1) is 9.61. The van der Waals surface area contributed by atoms with E-state index in [-0.39, 0.29) is 0 Å². The Balaban J connectivity index is 2.79. The summed E-state index contributed by atoms with van der Waals surface area (Å²) in [7, 11) is 0. The summed E-state index contributed by atoms with van der Waals surface area (Å²) in [4.78, 5) is 15.4. The van der Waals surface area contributed by atoms with E-state index in [1.54, 1.807) is 6.92 Å². The summed E-state index contributed by atoms with van der Waals surface area (Å²) in [5, 5.41) is 9.49. The van der Waals surface area contributed by atoms with Crippen LogP contribution in [0.15, 0.2) is 4.60 Å². The van der Waals surface area contributed by atoms with Crippen LogP contribution in [0.25, 0.3) is 0 Å². The molecule has 74 valence electrons. The lowest BCUT2D eigenvalue weighted by atomic mass is 10.0. The first-order valence-corrected chi connectivity index (χ1v) is 4.87. The van der Waals surface area contributed by atoms with E-state index in [1.165, 1.54) is 0 Å². The van der Waals surface area contributed by atoms with Crippen molar-refractivity contribution in [1.29, 1.82) is 0 Å². The molecule has 0 saturated heterocycles. The number of nitrogens with zero attached hydrogens (tertiary/aromatic N) is 1. The summed E-state index contributed by atoms with van der Waals surface area (Å²) in [6.07, 6.45) is -1.16. The highest BCUT2D eigenvalue weighted by molar-refractivity contribution is 9.10. The van der Waals surface area contributed by atoms with E-state index in [9.17, 15) is 9.90 Å². The third kappa shape index (κ3) is 1.16. The molecule has 1 aromatic rings. The molecule has 0 aliphatic carbocycles. The van der Waals surface area contributed by atoms with Gasteiger partial charge in [-0.2, -0.15) is 0 Å². The average Bonchev–Trinajstić information content (AvgIpc) is 2.38. The molecule has 1 unspecified atom stereocenters. The monoisotopic (exact) mass is 257 g/mol. The molecular weight excluding hydrogens is 250 g/mol. The molecule has 2 rings (SSSR count). The Morgan fingerprint density at radius 1 is 1.50 bits per heavy atom. The molecule has 14 heavy (non-hydrogen) atoms. The largest absolute Gasteiger partial charge is 0.428 e. The quantitative estimate of drug-likeness (QED) is 0.567. The number of esters is 1. The first-order valence-electron chi connectivity index (χ1n) is 4.08. The van der Waals surface area contributed by atoms with Gasteiger partial charge in [-0.15, -0.1) is 0 Å². The normalized spacial score (nSPS) is 19.4. The van der Waals surface area contributed by atoms with E-state index in [0.717, 1.165) is 11.3 Å². The van der Waals surface area contributed by atoms with Crippen molar-refractivity contribution in [3.05, 3.63) is 27.0 Å². The SMILES string of the molecule is Cc1nc(Br)c2c(c1C)C(O)OC2=O. The van der Waals surface area contributed by atoms with Crippen molar-refractivity contribution >= 4 is 21.9 Å². The van der Waals surface area contributed by atoms with Gasteiger partial charge in [0, 0.05) is 11.3 Å². The highest BCUT2D eigenvalue weighted by Crippen LogP contribution is 2.35. The van der Waals surface area contributed by atoms with Crippen LogP contribution in [0.3, 0.4) is 0 Å². The molecule has 0 amide bonds. The third-order valence-electron chi connectivity index (χ3n) is 2.36. The molecule has 1 aromatic heterocycles. The van der Waals surface area contributed by atoms with Crippen molar-refractivity contribution in [2.45, 2.75) is 20.1 Å². The van der Waals surface area contributed by atoms with Crippen LogP contribution < -0.4 is 0 Å². The number of halogens is 1. The minimum Gasteiger partial charge on any atom is -0.428 e. The molecule has 2 heterocycles. The van der Waals surface area contributed by atoms with Crippen molar-refractivity contribution in [2.75, 3.05) is 0 Å². The number of aliphatic hydroxyl groups is 1. The minimum absolute atomic E-state index is 0.334. The van der Waals surface area contributed by atoms with Gasteiger partial charge in [0.2, 0.25) is 6.29 Å². The van der Waals surface area contributed by atoms with E-state index in [1.807, 2.05) is 6.92 Å². The summed E-state index contributed by atoms with van der Waals surface area (Å²) in [6.45, 7) is 3.62. The Labute approximate surface area is 89.0 Å². The second-order valence-corrected chi connectivity index (χ2v) is 3.91. The molecule has 1 aliphatic rings. The minimum atomic E-state index is -1.16. The molecule has 5 heteroatoms. The van der Waals surface area contributed by atoms with Gasteiger partial charge in [-0.1, -0.05) is 0 Å². The van der Waals surface area contributed by atoms with Crippen LogP contribution in [0, 0.1) is 13.8 Å². The Morgan fingerprint density at radius 2 is 2.14 bits per heavy atom. The van der Waals surface area contributed by atoms with Crippen molar-refractivity contribution < 1.29 is 14.6 Å². The smallest absolute Gasteiger partial charge is 0.344 e. The molecule has 0 fully saturated rings. The number of aryl methyl sites for hydroxylation is 1. The number of cyclic esters (lactones) is 1. The Hall–Kier alpha value is -0.940. The Kier molecular flexibility index (Phi) is 2.08. The number of fused-ring (bicyclic) bond motifs is 1. The van der Waals surface area contributed by atoms with Gasteiger partial charge in [0.25, 0.3) is 0 Å². The lowest BCUT2D eigenvalue weighted by Crippen LogP contribution is -2.01. The standard InChI is InChI=1S/C9H8BrNO3/c1-3-4(2)11-7(10)6-5(3)8(12)14-9(6)13/h8,12H,1-2H3. The summed E-state index contributed by atoms with van der Waals surface area (Å²) in [5.41, 5.74) is 2.42. The van der Waals surface area contributed by atoms with Crippen LogP contribution in [0.2, 0.25) is 0 Å². The van der Waals surface area contributed by atoms with Crippen LogP contribution in [0.1, 0.15) is 33.5 Å². The highest BCUT2D eigenvalue weighted by atomic mass is 79.9. The third-order valence-corrected chi connectivity index (χ3v) is 2.93. The highest BCUT2D eigenvalue weighted by Gasteiger charge is 2.34. The first-order chi connectivity index (χ1) is 6.52. The van der Waals surface area contributed by atoms with Gasteiger partial charge in [-0.05, 0) is 35.3 Å². The molecule has 0 bridgehead atoms. The van der Waals surface area contributed by atoms with Gasteiger partial charge >= 0.3 is 5.97 Å². The maximum Gasteiger partial charge on any atom is 0.344 e. The van der Waals surface area contributed by atoms with Crippen molar-refractivity contribution in [2.24, 2.45) is 0 Å². The Morgan fingerprint density at radius 3 is 2.79 bits per heavy atom. The maximum atomic E-state index is 11.3. The van der Waals surface area contributed by atoms with Crippen LogP contribution in [0.5, 0.6) is 0 Å². The summed E-state index contributed by atoms with van der Waals surface area (Å²) >= 11 is 3.18. The number of carbonyl (C=O) groups is 1. The van der Waals surface area contributed by atoms with E-state index >= 15 is 0 Å². The lowest BCUT2D eigenvalue weighted by Gasteiger charge is -2.07. The molecule has 0 radical (unpaired) electrons. The van der Waals surface area contributed by atoms with E-state index in [4.69, 9.17) is 4.74 Å². The molecule has 1 N–H and O–H groups in total. The fourth-order valence-electron chi connectivity index (χ4n) is 1.50. The Bertz CT molecular complexity index is 431. The van der Waals surface area contributed by atoms with Gasteiger partial charge in [-0.3, -0.25) is 0 Å². The zero-order chi connectivity index (χ0) is 10.5. The van der Waals surface area contributed by atoms with E-state index < -0.39 is 12.3 Å². The van der Waals surface area contributed by atoms with Crippen molar-refractivity contribution in [1.82, 2.24) is 4.98 Å². The molecule has 0 aromatic carbocycles. The van der Waals surface area contributed by atoms with Gasteiger partial charge in [0.1, 0.15) is 10.2 Å². The number of carbonyl (C=O) groups excluding carboxylic acids is 1. The number of rotatable bonds is 0. The fraction of sp³-hybridized carbons (Fsp3) is 0.333. The average molecular weight is 258 g/mol. The maximum absolute atomic E-state index is 11.3. The van der Waals surface area contributed by atoms with Crippen molar-refractivity contribution in [3.63, 3.8) is 0 Å². The van der Waals surface area contributed by atoms with Crippen LogP contribution in [-0.4, -0.2) is 16.1 Å². The van der Waals surface area contributed by atoms with Gasteiger partial charge in [-0.25, -0.2) is 9.78 Å². The number of hydrogen-bond acceptors (Lipinski definition) is 4. The molecule has 0 saturated carbocycles. The van der Waals surface area contributed by atoms with E-state index in [2.05, 4.69) is 20.9 Å². The van der Waals surface area contributed by atoms with Gasteiger partial charge in [0.05, 0.1) is 0 Å². The molecule has 1 atom stereocenters. The zero-order valence-electron chi connectivity index (χ0n) is 7.67. The van der Waals surface area contributed by atoms with Crippen LogP contribution >= 0.6 is 15.9 Å². The zero-order valence-corrected chi connectivity index (χ0v) is 9.25. The van der Waals surface area contributed by atoms with E-state index in [0.29, 0.717) is 15.7 Å². The van der Waals surface area contributed by atoms with Gasteiger partial charge in [0.15, 0.2) is 0 Å². The summed E-state index contributed by atoms with van der Waals surface area (Å²) in [5.74, 6) is -0.532. The second kappa shape index (κ2) is 3.03. The number of aromatic nitrogens is 1. The number of aliphatic hydroxyl groups excluding tert-OH is 1. The van der Waals surface area contributed by atoms with Crippen LogP contribution in [0.4, 0.5) is 0 Å². The van der Waals surface area contributed by atoms with Crippen molar-refractivity contribution in [3.8, 4) is 0 Å². The molecule has 4 nitrogen and oxygen atoms in total. The number of ether oxygens (including phenoxy) is 1. The summed E-state index contributed by atoms with van der Waals surface area (Å²) < 4.78 is 5.12. The lowest BCUT2D eigenvalue weighted by molar-refractivity contribution is -0.0550. The number of pyridine rings is 1. The second-order valence-electron chi connectivity index (χ2n) is 3.16. The topological polar surface area (TPSA) is 59.4 Å². The van der Waals surface area contributed by atoms with Gasteiger partial charge < -0.3 is 9.84 Å². The fourth-order valence-corrected chi connectivity index (χ4v) is 2.14. The molecule has 0 spiro atoms. The molecular formula is C9H8BrNO3. The number of hydrogen-bond donors (Lipinski definition) is 1. The predicted octanol–water partition coefficient (Wildman–Crippen LogP) is 1.62. The van der Waals surface area contributed by atoms with Crippen LogP contribution in [-0.2, 0) is 4.74 Å². The molecule has 1 aliphatic heterocycles. The predicted molar refractivity (Wildman–Crippen MR) is 51.8 cm³/mol.